The van der Waals surface area contributed by atoms with Gasteiger partial charge in [0.05, 0.1) is 20.8 Å². The lowest BCUT2D eigenvalue weighted by atomic mass is 10.1. The van der Waals surface area contributed by atoms with Gasteiger partial charge < -0.3 is 14.8 Å². The van der Waals surface area contributed by atoms with E-state index in [1.54, 1.807) is 25.7 Å². The molecule has 0 radical (unpaired) electrons. The Kier molecular flexibility index (Phi) is 5.38. The Morgan fingerprint density at radius 3 is 2.60 bits per heavy atom. The number of hydrogen-bond donors (Lipinski definition) is 2. The number of nitrogens with zero attached hydrogens (tertiary/aromatic N) is 3. The van der Waals surface area contributed by atoms with E-state index in [1.807, 2.05) is 48.5 Å². The molecule has 1 atom stereocenters. The van der Waals surface area contributed by atoms with Crippen molar-refractivity contribution in [1.82, 2.24) is 14.9 Å². The lowest BCUT2D eigenvalue weighted by Gasteiger charge is -2.31. The molecule has 0 saturated heterocycles. The fourth-order valence-corrected chi connectivity index (χ4v) is 3.38. The van der Waals surface area contributed by atoms with Gasteiger partial charge in [-0.2, -0.15) is 0 Å². The highest BCUT2D eigenvalue weighted by Gasteiger charge is 2.28. The van der Waals surface area contributed by atoms with E-state index in [4.69, 9.17) is 9.47 Å². The second-order valence-electron chi connectivity index (χ2n) is 6.86. The zero-order valence-corrected chi connectivity index (χ0v) is 17.0. The SMILES string of the molecule is COc1ccc(CN=C2Nc3nc(C)cc(=O)n3[C@@H](c3ccccc3OC)N2)cc1. The predicted octanol–water partition coefficient (Wildman–Crippen LogP) is 2.69. The number of aromatic nitrogens is 2. The van der Waals surface area contributed by atoms with Crippen LogP contribution in [0.5, 0.6) is 11.5 Å². The molecule has 2 heterocycles. The number of rotatable bonds is 5. The minimum atomic E-state index is -0.507. The monoisotopic (exact) mass is 405 g/mol. The van der Waals surface area contributed by atoms with Crippen molar-refractivity contribution in [3.63, 3.8) is 0 Å². The van der Waals surface area contributed by atoms with Crippen LogP contribution >= 0.6 is 0 Å². The molecule has 4 rings (SSSR count). The maximum Gasteiger partial charge on any atom is 0.257 e. The topological polar surface area (TPSA) is 89.8 Å². The van der Waals surface area contributed by atoms with Gasteiger partial charge in [0.2, 0.25) is 5.95 Å². The third-order valence-electron chi connectivity index (χ3n) is 4.85. The van der Waals surface area contributed by atoms with Crippen LogP contribution in [0, 0.1) is 6.92 Å². The van der Waals surface area contributed by atoms with Crippen molar-refractivity contribution < 1.29 is 9.47 Å². The highest BCUT2D eigenvalue weighted by molar-refractivity contribution is 5.93. The minimum Gasteiger partial charge on any atom is -0.497 e. The molecule has 154 valence electrons. The van der Waals surface area contributed by atoms with E-state index in [-0.39, 0.29) is 5.56 Å². The van der Waals surface area contributed by atoms with Crippen LogP contribution in [-0.2, 0) is 6.54 Å². The van der Waals surface area contributed by atoms with Gasteiger partial charge in [-0.25, -0.2) is 9.98 Å². The van der Waals surface area contributed by atoms with Gasteiger partial charge in [-0.15, -0.1) is 0 Å². The van der Waals surface area contributed by atoms with Gasteiger partial charge in [-0.3, -0.25) is 14.7 Å². The molecule has 1 aliphatic rings. The Morgan fingerprint density at radius 2 is 1.87 bits per heavy atom. The molecule has 0 unspecified atom stereocenters. The number of fused-ring (bicyclic) bond motifs is 1. The fraction of sp³-hybridized carbons (Fsp3) is 0.227. The highest BCUT2D eigenvalue weighted by Crippen LogP contribution is 2.28. The summed E-state index contributed by atoms with van der Waals surface area (Å²) in [7, 11) is 3.24. The maximum absolute atomic E-state index is 12.8. The first-order chi connectivity index (χ1) is 14.6. The molecule has 0 aliphatic carbocycles. The van der Waals surface area contributed by atoms with E-state index in [0.717, 1.165) is 16.9 Å². The maximum atomic E-state index is 12.8. The predicted molar refractivity (Wildman–Crippen MR) is 115 cm³/mol. The van der Waals surface area contributed by atoms with Crippen LogP contribution in [0.2, 0.25) is 0 Å². The molecule has 0 amide bonds. The first-order valence-electron chi connectivity index (χ1n) is 9.53. The lowest BCUT2D eigenvalue weighted by Crippen LogP contribution is -2.48. The Labute approximate surface area is 174 Å². The highest BCUT2D eigenvalue weighted by atomic mass is 16.5. The second kappa shape index (κ2) is 8.28. The molecule has 0 saturated carbocycles. The lowest BCUT2D eigenvalue weighted by molar-refractivity contribution is 0.395. The van der Waals surface area contributed by atoms with Gasteiger partial charge in [0.15, 0.2) is 5.96 Å². The summed E-state index contributed by atoms with van der Waals surface area (Å²) in [6.45, 7) is 2.24. The summed E-state index contributed by atoms with van der Waals surface area (Å²) in [6, 6.07) is 16.8. The minimum absolute atomic E-state index is 0.164. The summed E-state index contributed by atoms with van der Waals surface area (Å²) in [5.74, 6) is 2.43. The van der Waals surface area contributed by atoms with E-state index >= 15 is 0 Å². The quantitative estimate of drug-likeness (QED) is 0.678. The fourth-order valence-electron chi connectivity index (χ4n) is 3.38. The summed E-state index contributed by atoms with van der Waals surface area (Å²) in [5.41, 5.74) is 2.31. The number of guanidine groups is 1. The van der Waals surface area contributed by atoms with Crippen LogP contribution in [0.25, 0.3) is 0 Å². The van der Waals surface area contributed by atoms with E-state index < -0.39 is 6.17 Å². The largest absolute Gasteiger partial charge is 0.497 e. The zero-order valence-electron chi connectivity index (χ0n) is 17.0. The third kappa shape index (κ3) is 3.84. The molecule has 2 aromatic carbocycles. The number of benzene rings is 2. The Bertz CT molecular complexity index is 1140. The number of aliphatic imine (C=N–C) groups is 1. The molecule has 3 aromatic rings. The molecule has 2 N–H and O–H groups in total. The first-order valence-corrected chi connectivity index (χ1v) is 9.53. The Balaban J connectivity index is 1.72. The summed E-state index contributed by atoms with van der Waals surface area (Å²) in [6.07, 6.45) is -0.507. The molecule has 1 aromatic heterocycles. The molecular weight excluding hydrogens is 382 g/mol. The number of para-hydroxylation sites is 1. The van der Waals surface area contributed by atoms with Crippen molar-refractivity contribution in [3.05, 3.63) is 81.8 Å². The summed E-state index contributed by atoms with van der Waals surface area (Å²) >= 11 is 0. The number of hydrogen-bond acceptors (Lipinski definition) is 5. The Hall–Kier alpha value is -3.81. The number of anilines is 1. The van der Waals surface area contributed by atoms with Crippen LogP contribution in [0.1, 0.15) is 23.0 Å². The summed E-state index contributed by atoms with van der Waals surface area (Å²) in [4.78, 5) is 21.9. The summed E-state index contributed by atoms with van der Waals surface area (Å²) in [5, 5.41) is 6.44. The number of nitrogens with one attached hydrogen (secondary N) is 2. The molecule has 1 aliphatic heterocycles. The van der Waals surface area contributed by atoms with Crippen molar-refractivity contribution in [2.45, 2.75) is 19.6 Å². The normalized spacial score (nSPS) is 16.4. The van der Waals surface area contributed by atoms with E-state index in [9.17, 15) is 4.79 Å². The van der Waals surface area contributed by atoms with E-state index in [1.165, 1.54) is 6.07 Å². The van der Waals surface area contributed by atoms with Gasteiger partial charge in [0.1, 0.15) is 17.7 Å². The van der Waals surface area contributed by atoms with Crippen LogP contribution < -0.4 is 25.7 Å². The van der Waals surface area contributed by atoms with Crippen molar-refractivity contribution in [3.8, 4) is 11.5 Å². The van der Waals surface area contributed by atoms with Gasteiger partial charge in [0.25, 0.3) is 5.56 Å². The molecule has 0 fully saturated rings. The van der Waals surface area contributed by atoms with Crippen LogP contribution in [0.3, 0.4) is 0 Å². The smallest absolute Gasteiger partial charge is 0.257 e. The van der Waals surface area contributed by atoms with Crippen molar-refractivity contribution >= 4 is 11.9 Å². The number of ether oxygens (including phenoxy) is 2. The number of methoxy groups -OCH3 is 2. The second-order valence-corrected chi connectivity index (χ2v) is 6.86. The average Bonchev–Trinajstić information content (AvgIpc) is 2.77. The average molecular weight is 405 g/mol. The van der Waals surface area contributed by atoms with Crippen molar-refractivity contribution in [2.75, 3.05) is 19.5 Å². The van der Waals surface area contributed by atoms with Crippen LogP contribution in [-0.4, -0.2) is 29.7 Å². The molecule has 8 heteroatoms. The molecule has 0 spiro atoms. The van der Waals surface area contributed by atoms with Gasteiger partial charge >= 0.3 is 0 Å². The van der Waals surface area contributed by atoms with Gasteiger partial charge in [-0.05, 0) is 30.7 Å². The molecular formula is C22H23N5O3. The van der Waals surface area contributed by atoms with Crippen molar-refractivity contribution in [1.29, 1.82) is 0 Å². The Morgan fingerprint density at radius 1 is 1.10 bits per heavy atom. The van der Waals surface area contributed by atoms with Crippen LogP contribution in [0.4, 0.5) is 5.95 Å². The molecule has 0 bridgehead atoms. The van der Waals surface area contributed by atoms with Gasteiger partial charge in [0, 0.05) is 17.3 Å². The standard InChI is InChI=1S/C22H23N5O3/c1-14-12-19(28)27-20(17-6-4-5-7-18(17)30-3)25-21(26-22(27)24-14)23-13-15-8-10-16(29-2)11-9-15/h4-12,20H,13H2,1-3H3,(H2,23,24,25,26)/t20-/m0/s1. The molecule has 30 heavy (non-hydrogen) atoms. The third-order valence-corrected chi connectivity index (χ3v) is 4.85. The van der Waals surface area contributed by atoms with E-state index in [2.05, 4.69) is 20.6 Å². The molecule has 8 nitrogen and oxygen atoms in total. The number of aryl methyl sites for hydroxylation is 1. The summed E-state index contributed by atoms with van der Waals surface area (Å²) < 4.78 is 12.3. The zero-order chi connectivity index (χ0) is 21.1. The van der Waals surface area contributed by atoms with Crippen molar-refractivity contribution in [2.24, 2.45) is 4.99 Å². The van der Waals surface area contributed by atoms with Gasteiger partial charge in [-0.1, -0.05) is 30.3 Å². The van der Waals surface area contributed by atoms with Crippen LogP contribution in [0.15, 0.2) is 64.4 Å². The first kappa shape index (κ1) is 19.5. The van der Waals surface area contributed by atoms with E-state index in [0.29, 0.717) is 29.9 Å².